The molecule has 0 unspecified atom stereocenters. The number of nitrogens with zero attached hydrogens (tertiary/aromatic N) is 1. The van der Waals surface area contributed by atoms with E-state index in [0.717, 1.165) is 4.47 Å². The standard InChI is InChI=1S/C14H21BrN2/c1-17(11-6-3-2-4-7-11)14-9-5-8-13(15)12(14)10-16/h5,8-9,11H,2-4,6-7,10,16H2,1H3. The molecular weight excluding hydrogens is 276 g/mol. The summed E-state index contributed by atoms with van der Waals surface area (Å²) in [7, 11) is 2.21. The van der Waals surface area contributed by atoms with E-state index in [1.165, 1.54) is 43.4 Å². The summed E-state index contributed by atoms with van der Waals surface area (Å²) in [6, 6.07) is 7.03. The van der Waals surface area contributed by atoms with Crippen molar-refractivity contribution < 1.29 is 0 Å². The molecule has 17 heavy (non-hydrogen) atoms. The zero-order valence-electron chi connectivity index (χ0n) is 10.5. The third kappa shape index (κ3) is 2.83. The van der Waals surface area contributed by atoms with E-state index in [1.54, 1.807) is 0 Å². The molecule has 94 valence electrons. The van der Waals surface area contributed by atoms with Gasteiger partial charge in [-0.2, -0.15) is 0 Å². The summed E-state index contributed by atoms with van der Waals surface area (Å²) in [5, 5.41) is 0. The largest absolute Gasteiger partial charge is 0.371 e. The van der Waals surface area contributed by atoms with Crippen LogP contribution in [0.2, 0.25) is 0 Å². The van der Waals surface area contributed by atoms with Gasteiger partial charge in [-0.1, -0.05) is 41.3 Å². The molecule has 2 nitrogen and oxygen atoms in total. The van der Waals surface area contributed by atoms with Crippen molar-refractivity contribution in [3.63, 3.8) is 0 Å². The second-order valence-corrected chi connectivity index (χ2v) is 5.70. The fraction of sp³-hybridized carbons (Fsp3) is 0.571. The molecule has 0 heterocycles. The number of rotatable bonds is 3. The molecule has 0 amide bonds. The molecule has 2 N–H and O–H groups in total. The highest BCUT2D eigenvalue weighted by Gasteiger charge is 2.20. The second kappa shape index (κ2) is 5.87. The quantitative estimate of drug-likeness (QED) is 0.922. The lowest BCUT2D eigenvalue weighted by Crippen LogP contribution is -2.34. The van der Waals surface area contributed by atoms with Crippen molar-refractivity contribution >= 4 is 21.6 Å². The van der Waals surface area contributed by atoms with Crippen LogP contribution in [-0.2, 0) is 6.54 Å². The Morgan fingerprint density at radius 1 is 1.29 bits per heavy atom. The molecular formula is C14H21BrN2. The maximum Gasteiger partial charge on any atom is 0.0423 e. The van der Waals surface area contributed by atoms with Gasteiger partial charge in [0.1, 0.15) is 0 Å². The van der Waals surface area contributed by atoms with Crippen LogP contribution in [0.15, 0.2) is 22.7 Å². The highest BCUT2D eigenvalue weighted by molar-refractivity contribution is 9.10. The summed E-state index contributed by atoms with van der Waals surface area (Å²) in [5.74, 6) is 0. The Kier molecular flexibility index (Phi) is 4.46. The fourth-order valence-corrected chi connectivity index (χ4v) is 3.26. The van der Waals surface area contributed by atoms with Crippen LogP contribution in [0.1, 0.15) is 37.7 Å². The molecule has 1 aliphatic carbocycles. The molecule has 0 bridgehead atoms. The molecule has 1 fully saturated rings. The van der Waals surface area contributed by atoms with Crippen LogP contribution < -0.4 is 10.6 Å². The van der Waals surface area contributed by atoms with Gasteiger partial charge in [-0.15, -0.1) is 0 Å². The zero-order chi connectivity index (χ0) is 12.3. The SMILES string of the molecule is CN(c1cccc(Br)c1CN)C1CCCCC1. The first-order valence-electron chi connectivity index (χ1n) is 6.44. The third-order valence-corrected chi connectivity index (χ3v) is 4.54. The summed E-state index contributed by atoms with van der Waals surface area (Å²) < 4.78 is 1.13. The van der Waals surface area contributed by atoms with Crippen LogP contribution >= 0.6 is 15.9 Å². The molecule has 0 aromatic heterocycles. The van der Waals surface area contributed by atoms with E-state index in [1.807, 2.05) is 0 Å². The first kappa shape index (κ1) is 12.9. The summed E-state index contributed by atoms with van der Waals surface area (Å²) >= 11 is 3.59. The van der Waals surface area contributed by atoms with Crippen LogP contribution in [0.25, 0.3) is 0 Å². The highest BCUT2D eigenvalue weighted by atomic mass is 79.9. The van der Waals surface area contributed by atoms with E-state index in [4.69, 9.17) is 5.73 Å². The molecule has 1 saturated carbocycles. The Labute approximate surface area is 112 Å². The highest BCUT2D eigenvalue weighted by Crippen LogP contribution is 2.31. The molecule has 0 spiro atoms. The Morgan fingerprint density at radius 2 is 2.00 bits per heavy atom. The molecule has 0 radical (unpaired) electrons. The maximum atomic E-state index is 5.86. The number of benzene rings is 1. The third-order valence-electron chi connectivity index (χ3n) is 3.80. The smallest absolute Gasteiger partial charge is 0.0423 e. The van der Waals surface area contributed by atoms with Gasteiger partial charge in [0.25, 0.3) is 0 Å². The average molecular weight is 297 g/mol. The van der Waals surface area contributed by atoms with Crippen molar-refractivity contribution in [2.75, 3.05) is 11.9 Å². The normalized spacial score (nSPS) is 17.1. The van der Waals surface area contributed by atoms with E-state index < -0.39 is 0 Å². The van der Waals surface area contributed by atoms with Crippen LogP contribution in [0.3, 0.4) is 0 Å². The van der Waals surface area contributed by atoms with Gasteiger partial charge in [0.05, 0.1) is 0 Å². The van der Waals surface area contributed by atoms with Crippen molar-refractivity contribution in [2.45, 2.75) is 44.7 Å². The van der Waals surface area contributed by atoms with Gasteiger partial charge in [0.2, 0.25) is 0 Å². The van der Waals surface area contributed by atoms with Crippen LogP contribution in [0.4, 0.5) is 5.69 Å². The van der Waals surface area contributed by atoms with Gasteiger partial charge in [0, 0.05) is 35.4 Å². The lowest BCUT2D eigenvalue weighted by atomic mass is 9.94. The number of hydrogen-bond acceptors (Lipinski definition) is 2. The predicted molar refractivity (Wildman–Crippen MR) is 77.3 cm³/mol. The second-order valence-electron chi connectivity index (χ2n) is 4.84. The van der Waals surface area contributed by atoms with Gasteiger partial charge in [-0.05, 0) is 25.0 Å². The molecule has 1 aliphatic rings. The Morgan fingerprint density at radius 3 is 2.65 bits per heavy atom. The number of halogens is 1. The van der Waals surface area contributed by atoms with E-state index in [-0.39, 0.29) is 0 Å². The zero-order valence-corrected chi connectivity index (χ0v) is 12.0. The molecule has 0 saturated heterocycles. The van der Waals surface area contributed by atoms with Gasteiger partial charge < -0.3 is 10.6 Å². The molecule has 1 aromatic carbocycles. The van der Waals surface area contributed by atoms with Gasteiger partial charge in [0.15, 0.2) is 0 Å². The Balaban J connectivity index is 2.23. The first-order chi connectivity index (χ1) is 8.24. The minimum absolute atomic E-state index is 0.591. The maximum absolute atomic E-state index is 5.86. The summed E-state index contributed by atoms with van der Waals surface area (Å²) in [6.07, 6.45) is 6.74. The Hall–Kier alpha value is -0.540. The van der Waals surface area contributed by atoms with Crippen LogP contribution in [0.5, 0.6) is 0 Å². The van der Waals surface area contributed by atoms with Crippen molar-refractivity contribution in [3.8, 4) is 0 Å². The lowest BCUT2D eigenvalue weighted by molar-refractivity contribution is 0.427. The van der Waals surface area contributed by atoms with Crippen molar-refractivity contribution in [1.82, 2.24) is 0 Å². The van der Waals surface area contributed by atoms with Crippen LogP contribution in [0, 0.1) is 0 Å². The minimum Gasteiger partial charge on any atom is -0.371 e. The molecule has 3 heteroatoms. The van der Waals surface area contributed by atoms with Gasteiger partial charge >= 0.3 is 0 Å². The minimum atomic E-state index is 0.591. The number of anilines is 1. The topological polar surface area (TPSA) is 29.3 Å². The van der Waals surface area contributed by atoms with Crippen molar-refractivity contribution in [1.29, 1.82) is 0 Å². The predicted octanol–water partition coefficient (Wildman–Crippen LogP) is 3.68. The fourth-order valence-electron chi connectivity index (χ4n) is 2.74. The first-order valence-corrected chi connectivity index (χ1v) is 7.23. The Bertz CT molecular complexity index is 372. The van der Waals surface area contributed by atoms with Gasteiger partial charge in [-0.25, -0.2) is 0 Å². The van der Waals surface area contributed by atoms with E-state index >= 15 is 0 Å². The van der Waals surface area contributed by atoms with Crippen molar-refractivity contribution in [3.05, 3.63) is 28.2 Å². The van der Waals surface area contributed by atoms with Crippen LogP contribution in [-0.4, -0.2) is 13.1 Å². The average Bonchev–Trinajstić information content (AvgIpc) is 2.38. The summed E-state index contributed by atoms with van der Waals surface area (Å²) in [6.45, 7) is 0.591. The monoisotopic (exact) mass is 296 g/mol. The van der Waals surface area contributed by atoms with E-state index in [0.29, 0.717) is 12.6 Å². The summed E-state index contributed by atoms with van der Waals surface area (Å²) in [5.41, 5.74) is 8.37. The van der Waals surface area contributed by atoms with Crippen molar-refractivity contribution in [2.24, 2.45) is 5.73 Å². The molecule has 0 atom stereocenters. The van der Waals surface area contributed by atoms with Gasteiger partial charge in [-0.3, -0.25) is 0 Å². The number of nitrogens with two attached hydrogens (primary N) is 1. The molecule has 2 rings (SSSR count). The van der Waals surface area contributed by atoms with E-state index in [9.17, 15) is 0 Å². The summed E-state index contributed by atoms with van der Waals surface area (Å²) in [4.78, 5) is 2.42. The number of hydrogen-bond donors (Lipinski definition) is 1. The lowest BCUT2D eigenvalue weighted by Gasteiger charge is -2.34. The van der Waals surface area contributed by atoms with E-state index in [2.05, 4.69) is 46.1 Å². The molecule has 0 aliphatic heterocycles. The molecule has 1 aromatic rings.